The fourth-order valence-electron chi connectivity index (χ4n) is 3.94. The van der Waals surface area contributed by atoms with Gasteiger partial charge in [0.2, 0.25) is 23.6 Å². The van der Waals surface area contributed by atoms with Crippen molar-refractivity contribution in [1.29, 1.82) is 0 Å². The standard InChI is InChI=1S/C21H28N6O3S/c22-16-12-18(29)25-21(24-16)31-11-10-17(28)23-15-8-6-14(7-9-15)20-27-26-19(30-20)13-4-2-1-3-5-13/h1-5,14-16,21,24H,6-12,22H2,(H,23,28)(H,25,29). The van der Waals surface area contributed by atoms with E-state index >= 15 is 0 Å². The van der Waals surface area contributed by atoms with E-state index in [2.05, 4.69) is 26.1 Å². The van der Waals surface area contributed by atoms with Crippen molar-refractivity contribution < 1.29 is 14.0 Å². The maximum atomic E-state index is 12.3. The van der Waals surface area contributed by atoms with E-state index in [0.29, 0.717) is 24.0 Å². The molecule has 0 radical (unpaired) electrons. The first-order chi connectivity index (χ1) is 15.1. The summed E-state index contributed by atoms with van der Waals surface area (Å²) in [5.41, 5.74) is 6.46. The first-order valence-corrected chi connectivity index (χ1v) is 11.7. The molecule has 0 bridgehead atoms. The van der Waals surface area contributed by atoms with Crippen molar-refractivity contribution in [1.82, 2.24) is 26.1 Å². The lowest BCUT2D eigenvalue weighted by Crippen LogP contribution is -2.58. The highest BCUT2D eigenvalue weighted by atomic mass is 32.2. The smallest absolute Gasteiger partial charge is 0.247 e. The zero-order valence-electron chi connectivity index (χ0n) is 17.3. The van der Waals surface area contributed by atoms with Crippen molar-refractivity contribution in [2.75, 3.05) is 5.75 Å². The van der Waals surface area contributed by atoms with Crippen LogP contribution in [0.5, 0.6) is 0 Å². The van der Waals surface area contributed by atoms with Crippen LogP contribution in [-0.2, 0) is 9.59 Å². The van der Waals surface area contributed by atoms with E-state index in [9.17, 15) is 9.59 Å². The Hall–Kier alpha value is -2.43. The molecular weight excluding hydrogens is 416 g/mol. The predicted molar refractivity (Wildman–Crippen MR) is 118 cm³/mol. The molecule has 2 aliphatic rings. The van der Waals surface area contributed by atoms with Gasteiger partial charge >= 0.3 is 0 Å². The van der Waals surface area contributed by atoms with E-state index in [0.717, 1.165) is 31.2 Å². The molecule has 1 saturated heterocycles. The summed E-state index contributed by atoms with van der Waals surface area (Å²) in [6.07, 6.45) is 3.94. The van der Waals surface area contributed by atoms with Crippen molar-refractivity contribution in [2.24, 2.45) is 5.73 Å². The van der Waals surface area contributed by atoms with E-state index in [1.807, 2.05) is 30.3 Å². The number of nitrogens with two attached hydrogens (primary N) is 1. The number of nitrogens with one attached hydrogen (secondary N) is 3. The van der Waals surface area contributed by atoms with Gasteiger partial charge in [-0.25, -0.2) is 0 Å². The van der Waals surface area contributed by atoms with Gasteiger partial charge < -0.3 is 20.8 Å². The van der Waals surface area contributed by atoms with Gasteiger partial charge in [-0.1, -0.05) is 18.2 Å². The Morgan fingerprint density at radius 3 is 2.71 bits per heavy atom. The highest BCUT2D eigenvalue weighted by molar-refractivity contribution is 7.99. The molecule has 1 aromatic heterocycles. The summed E-state index contributed by atoms with van der Waals surface area (Å²) < 4.78 is 5.89. The van der Waals surface area contributed by atoms with Gasteiger partial charge in [-0.2, -0.15) is 0 Å². The molecule has 9 nitrogen and oxygen atoms in total. The highest BCUT2D eigenvalue weighted by Gasteiger charge is 2.28. The Balaban J connectivity index is 1.17. The van der Waals surface area contributed by atoms with Crippen LogP contribution in [0.3, 0.4) is 0 Å². The molecule has 2 fully saturated rings. The van der Waals surface area contributed by atoms with Gasteiger partial charge in [-0.15, -0.1) is 22.0 Å². The number of hydrogen-bond donors (Lipinski definition) is 4. The predicted octanol–water partition coefficient (Wildman–Crippen LogP) is 1.68. The fraction of sp³-hybridized carbons (Fsp3) is 0.524. The van der Waals surface area contributed by atoms with Crippen molar-refractivity contribution in [3.05, 3.63) is 36.2 Å². The van der Waals surface area contributed by atoms with Gasteiger partial charge in [-0.3, -0.25) is 14.9 Å². The Morgan fingerprint density at radius 1 is 1.19 bits per heavy atom. The minimum Gasteiger partial charge on any atom is -0.420 e. The number of benzene rings is 1. The first kappa shape index (κ1) is 21.8. The van der Waals surface area contributed by atoms with Crippen LogP contribution in [0.15, 0.2) is 34.7 Å². The second-order valence-electron chi connectivity index (χ2n) is 7.97. The van der Waals surface area contributed by atoms with Crippen molar-refractivity contribution >= 4 is 23.6 Å². The zero-order chi connectivity index (χ0) is 21.6. The average Bonchev–Trinajstić information content (AvgIpc) is 3.24. The molecule has 2 amide bonds. The molecule has 2 heterocycles. The number of amides is 2. The van der Waals surface area contributed by atoms with Crippen LogP contribution in [0.4, 0.5) is 0 Å². The summed E-state index contributed by atoms with van der Waals surface area (Å²) in [5, 5.41) is 17.5. The van der Waals surface area contributed by atoms with Crippen LogP contribution in [-0.4, -0.2) is 45.5 Å². The third kappa shape index (κ3) is 6.05. The second-order valence-corrected chi connectivity index (χ2v) is 9.19. The first-order valence-electron chi connectivity index (χ1n) is 10.7. The molecule has 2 aromatic rings. The van der Waals surface area contributed by atoms with Crippen LogP contribution in [0.25, 0.3) is 11.5 Å². The van der Waals surface area contributed by atoms with Gasteiger partial charge in [-0.05, 0) is 37.8 Å². The fourth-order valence-corrected chi connectivity index (χ4v) is 4.97. The van der Waals surface area contributed by atoms with E-state index in [-0.39, 0.29) is 41.9 Å². The summed E-state index contributed by atoms with van der Waals surface area (Å²) in [6.45, 7) is 0. The van der Waals surface area contributed by atoms with Gasteiger partial charge in [0.15, 0.2) is 0 Å². The molecule has 1 saturated carbocycles. The summed E-state index contributed by atoms with van der Waals surface area (Å²) in [5.74, 6) is 2.04. The average molecular weight is 445 g/mol. The second kappa shape index (κ2) is 10.3. The lowest BCUT2D eigenvalue weighted by Gasteiger charge is -2.29. The Kier molecular flexibility index (Phi) is 7.21. The van der Waals surface area contributed by atoms with E-state index in [4.69, 9.17) is 10.2 Å². The van der Waals surface area contributed by atoms with Crippen LogP contribution < -0.4 is 21.7 Å². The maximum absolute atomic E-state index is 12.3. The molecular formula is C21H28N6O3S. The number of carbonyl (C=O) groups is 2. The van der Waals surface area contributed by atoms with Crippen LogP contribution in [0.1, 0.15) is 50.3 Å². The molecule has 1 aliphatic carbocycles. The van der Waals surface area contributed by atoms with Crippen LogP contribution in [0, 0.1) is 0 Å². The monoisotopic (exact) mass is 444 g/mol. The molecule has 31 heavy (non-hydrogen) atoms. The zero-order valence-corrected chi connectivity index (χ0v) is 18.1. The lowest BCUT2D eigenvalue weighted by molar-refractivity contribution is -0.123. The molecule has 166 valence electrons. The van der Waals surface area contributed by atoms with Gasteiger partial charge in [0.25, 0.3) is 0 Å². The molecule has 1 aromatic carbocycles. The number of thioether (sulfide) groups is 1. The number of nitrogens with zero attached hydrogens (tertiary/aromatic N) is 2. The normalized spacial score (nSPS) is 26.3. The van der Waals surface area contributed by atoms with E-state index < -0.39 is 0 Å². The quantitative estimate of drug-likeness (QED) is 0.507. The summed E-state index contributed by atoms with van der Waals surface area (Å²) in [4.78, 5) is 23.8. The Morgan fingerprint density at radius 2 is 1.97 bits per heavy atom. The molecule has 0 spiro atoms. The number of carbonyl (C=O) groups excluding carboxylic acids is 2. The van der Waals surface area contributed by atoms with Gasteiger partial charge in [0.1, 0.15) is 5.50 Å². The number of rotatable bonds is 7. The number of aromatic nitrogens is 2. The van der Waals surface area contributed by atoms with E-state index in [1.165, 1.54) is 11.8 Å². The topological polar surface area (TPSA) is 135 Å². The van der Waals surface area contributed by atoms with Gasteiger partial charge in [0.05, 0.1) is 12.6 Å². The molecule has 2 atom stereocenters. The Labute approximate surface area is 185 Å². The van der Waals surface area contributed by atoms with Crippen LogP contribution >= 0.6 is 11.8 Å². The summed E-state index contributed by atoms with van der Waals surface area (Å²) in [6, 6.07) is 9.93. The highest BCUT2D eigenvalue weighted by Crippen LogP contribution is 2.33. The molecule has 1 aliphatic heterocycles. The maximum Gasteiger partial charge on any atom is 0.247 e. The van der Waals surface area contributed by atoms with Crippen LogP contribution in [0.2, 0.25) is 0 Å². The molecule has 4 rings (SSSR count). The van der Waals surface area contributed by atoms with E-state index in [1.54, 1.807) is 0 Å². The largest absolute Gasteiger partial charge is 0.420 e. The molecule has 10 heteroatoms. The third-order valence-corrected chi connectivity index (χ3v) is 6.61. The van der Waals surface area contributed by atoms with Gasteiger partial charge in [0, 0.05) is 29.7 Å². The third-order valence-electron chi connectivity index (χ3n) is 5.58. The number of hydrogen-bond acceptors (Lipinski definition) is 8. The Bertz CT molecular complexity index is 884. The SMILES string of the molecule is NC1CC(=O)NC(SCCC(=O)NC2CCC(c3nnc(-c4ccccc4)o3)CC2)N1. The molecule has 5 N–H and O–H groups in total. The van der Waals surface area contributed by atoms with Crippen molar-refractivity contribution in [3.8, 4) is 11.5 Å². The lowest BCUT2D eigenvalue weighted by atomic mass is 9.86. The van der Waals surface area contributed by atoms with Crippen molar-refractivity contribution in [3.63, 3.8) is 0 Å². The minimum atomic E-state index is -0.335. The molecule has 2 unspecified atom stereocenters. The summed E-state index contributed by atoms with van der Waals surface area (Å²) in [7, 11) is 0. The minimum absolute atomic E-state index is 0.0338. The summed E-state index contributed by atoms with van der Waals surface area (Å²) >= 11 is 1.48. The van der Waals surface area contributed by atoms with Crippen molar-refractivity contribution in [2.45, 2.75) is 62.1 Å².